The maximum Gasteiger partial charge on any atom is 0.313 e. The SMILES string of the molecule is CSc1cccc(NC(=O)C(=O)NCCc2ccc(N(C)C)cc2)c1. The third kappa shape index (κ3) is 5.83. The molecule has 0 unspecified atom stereocenters. The molecule has 0 spiro atoms. The van der Waals surface area contributed by atoms with Crippen molar-refractivity contribution in [2.75, 3.05) is 37.1 Å². The molecule has 0 saturated heterocycles. The molecule has 2 N–H and O–H groups in total. The minimum absolute atomic E-state index is 0.415. The summed E-state index contributed by atoms with van der Waals surface area (Å²) in [4.78, 5) is 26.9. The van der Waals surface area contributed by atoms with Gasteiger partial charge in [-0.05, 0) is 48.6 Å². The molecule has 5 nitrogen and oxygen atoms in total. The molecule has 0 aliphatic rings. The normalized spacial score (nSPS) is 10.2. The van der Waals surface area contributed by atoms with Crippen LogP contribution in [0.25, 0.3) is 0 Å². The van der Waals surface area contributed by atoms with Gasteiger partial charge in [0.2, 0.25) is 0 Å². The van der Waals surface area contributed by atoms with Crippen LogP contribution in [0.4, 0.5) is 11.4 Å². The van der Waals surface area contributed by atoms with Crippen molar-refractivity contribution in [2.45, 2.75) is 11.3 Å². The van der Waals surface area contributed by atoms with E-state index >= 15 is 0 Å². The van der Waals surface area contributed by atoms with Crippen LogP contribution in [-0.2, 0) is 16.0 Å². The van der Waals surface area contributed by atoms with Crippen molar-refractivity contribution in [3.63, 3.8) is 0 Å². The highest BCUT2D eigenvalue weighted by atomic mass is 32.2. The van der Waals surface area contributed by atoms with E-state index in [0.717, 1.165) is 16.1 Å². The Hall–Kier alpha value is -2.47. The van der Waals surface area contributed by atoms with Gasteiger partial charge in [-0.3, -0.25) is 9.59 Å². The van der Waals surface area contributed by atoms with E-state index in [9.17, 15) is 9.59 Å². The Morgan fingerprint density at radius 3 is 2.40 bits per heavy atom. The van der Waals surface area contributed by atoms with E-state index in [0.29, 0.717) is 18.7 Å². The van der Waals surface area contributed by atoms with Crippen molar-refractivity contribution >= 4 is 35.0 Å². The molecular formula is C19H23N3O2S. The maximum atomic E-state index is 11.9. The first-order chi connectivity index (χ1) is 12.0. The van der Waals surface area contributed by atoms with Crippen molar-refractivity contribution in [2.24, 2.45) is 0 Å². The standard InChI is InChI=1S/C19H23N3O2S/c1-22(2)16-9-7-14(8-10-16)11-12-20-18(23)19(24)21-15-5-4-6-17(13-15)25-3/h4-10,13H,11-12H2,1-3H3,(H,20,23)(H,21,24). The van der Waals surface area contributed by atoms with Gasteiger partial charge in [0.05, 0.1) is 0 Å². The Morgan fingerprint density at radius 1 is 1.04 bits per heavy atom. The third-order valence-corrected chi connectivity index (χ3v) is 4.41. The Labute approximate surface area is 152 Å². The lowest BCUT2D eigenvalue weighted by Crippen LogP contribution is -2.36. The Kier molecular flexibility index (Phi) is 6.89. The summed E-state index contributed by atoms with van der Waals surface area (Å²) >= 11 is 1.58. The van der Waals surface area contributed by atoms with Crippen LogP contribution >= 0.6 is 11.8 Å². The van der Waals surface area contributed by atoms with Gasteiger partial charge < -0.3 is 15.5 Å². The first-order valence-electron chi connectivity index (χ1n) is 7.99. The lowest BCUT2D eigenvalue weighted by atomic mass is 10.1. The van der Waals surface area contributed by atoms with Crippen molar-refractivity contribution in [1.29, 1.82) is 0 Å². The molecule has 2 aromatic rings. The molecule has 132 valence electrons. The highest BCUT2D eigenvalue weighted by Crippen LogP contribution is 2.18. The first-order valence-corrected chi connectivity index (χ1v) is 9.21. The number of carbonyl (C=O) groups excluding carboxylic acids is 2. The quantitative estimate of drug-likeness (QED) is 0.616. The average Bonchev–Trinajstić information content (AvgIpc) is 2.62. The average molecular weight is 357 g/mol. The van der Waals surface area contributed by atoms with Crippen LogP contribution in [0.15, 0.2) is 53.4 Å². The number of anilines is 2. The van der Waals surface area contributed by atoms with Crippen LogP contribution in [-0.4, -0.2) is 38.7 Å². The number of nitrogens with one attached hydrogen (secondary N) is 2. The monoisotopic (exact) mass is 357 g/mol. The van der Waals surface area contributed by atoms with Crippen LogP contribution in [0.3, 0.4) is 0 Å². The summed E-state index contributed by atoms with van der Waals surface area (Å²) in [6.45, 7) is 0.415. The van der Waals surface area contributed by atoms with E-state index in [4.69, 9.17) is 0 Å². The van der Waals surface area contributed by atoms with Crippen molar-refractivity contribution < 1.29 is 9.59 Å². The Balaban J connectivity index is 1.80. The van der Waals surface area contributed by atoms with Crippen LogP contribution in [0.2, 0.25) is 0 Å². The molecule has 0 saturated carbocycles. The number of carbonyl (C=O) groups is 2. The predicted octanol–water partition coefficient (Wildman–Crippen LogP) is 2.77. The number of rotatable bonds is 6. The van der Waals surface area contributed by atoms with Gasteiger partial charge in [-0.1, -0.05) is 18.2 Å². The van der Waals surface area contributed by atoms with Gasteiger partial charge in [0, 0.05) is 36.9 Å². The number of benzene rings is 2. The molecule has 0 aliphatic carbocycles. The number of nitrogens with zero attached hydrogens (tertiary/aromatic N) is 1. The molecule has 0 fully saturated rings. The number of amides is 2. The highest BCUT2D eigenvalue weighted by molar-refractivity contribution is 7.98. The lowest BCUT2D eigenvalue weighted by Gasteiger charge is -2.12. The zero-order valence-electron chi connectivity index (χ0n) is 14.7. The highest BCUT2D eigenvalue weighted by Gasteiger charge is 2.13. The molecule has 2 amide bonds. The van der Waals surface area contributed by atoms with Gasteiger partial charge in [0.15, 0.2) is 0 Å². The lowest BCUT2D eigenvalue weighted by molar-refractivity contribution is -0.136. The van der Waals surface area contributed by atoms with Crippen molar-refractivity contribution in [1.82, 2.24) is 5.32 Å². The van der Waals surface area contributed by atoms with Crippen LogP contribution in [0.1, 0.15) is 5.56 Å². The molecule has 0 aliphatic heterocycles. The van der Waals surface area contributed by atoms with E-state index in [1.807, 2.05) is 67.7 Å². The molecular weight excluding hydrogens is 334 g/mol. The molecule has 6 heteroatoms. The summed E-state index contributed by atoms with van der Waals surface area (Å²) in [6.07, 6.45) is 2.63. The molecule has 0 heterocycles. The number of hydrogen-bond donors (Lipinski definition) is 2. The van der Waals surface area contributed by atoms with Crippen molar-refractivity contribution in [3.05, 3.63) is 54.1 Å². The van der Waals surface area contributed by atoms with Gasteiger partial charge in [0.25, 0.3) is 0 Å². The fourth-order valence-electron chi connectivity index (χ4n) is 2.25. The molecule has 0 radical (unpaired) electrons. The van der Waals surface area contributed by atoms with Gasteiger partial charge in [-0.25, -0.2) is 0 Å². The van der Waals surface area contributed by atoms with Crippen LogP contribution in [0, 0.1) is 0 Å². The predicted molar refractivity (Wildman–Crippen MR) is 104 cm³/mol. The molecule has 0 atom stereocenters. The zero-order chi connectivity index (χ0) is 18.2. The summed E-state index contributed by atoms with van der Waals surface area (Å²) in [5, 5.41) is 5.27. The number of thioether (sulfide) groups is 1. The largest absolute Gasteiger partial charge is 0.378 e. The summed E-state index contributed by atoms with van der Waals surface area (Å²) in [5.41, 5.74) is 2.85. The number of hydrogen-bond acceptors (Lipinski definition) is 4. The third-order valence-electron chi connectivity index (χ3n) is 3.69. The van der Waals surface area contributed by atoms with Crippen molar-refractivity contribution in [3.8, 4) is 0 Å². The Bertz CT molecular complexity index is 730. The second-order valence-corrected chi connectivity index (χ2v) is 6.63. The van der Waals surface area contributed by atoms with E-state index in [1.165, 1.54) is 0 Å². The van der Waals surface area contributed by atoms with Crippen LogP contribution in [0.5, 0.6) is 0 Å². The van der Waals surface area contributed by atoms with Gasteiger partial charge >= 0.3 is 11.8 Å². The minimum atomic E-state index is -0.652. The van der Waals surface area contributed by atoms with E-state index in [-0.39, 0.29) is 0 Å². The fraction of sp³-hybridized carbons (Fsp3) is 0.263. The summed E-state index contributed by atoms with van der Waals surface area (Å²) in [6, 6.07) is 15.5. The van der Waals surface area contributed by atoms with Gasteiger partial charge in [-0.2, -0.15) is 0 Å². The second-order valence-electron chi connectivity index (χ2n) is 5.75. The molecule has 0 aromatic heterocycles. The molecule has 2 rings (SSSR count). The maximum absolute atomic E-state index is 11.9. The molecule has 2 aromatic carbocycles. The summed E-state index contributed by atoms with van der Waals surface area (Å²) in [5.74, 6) is -1.28. The Morgan fingerprint density at radius 2 is 1.76 bits per heavy atom. The van der Waals surface area contributed by atoms with E-state index in [1.54, 1.807) is 17.8 Å². The fourth-order valence-corrected chi connectivity index (χ4v) is 2.71. The van der Waals surface area contributed by atoms with E-state index in [2.05, 4.69) is 10.6 Å². The zero-order valence-corrected chi connectivity index (χ0v) is 15.5. The smallest absolute Gasteiger partial charge is 0.313 e. The topological polar surface area (TPSA) is 61.4 Å². The second kappa shape index (κ2) is 9.13. The van der Waals surface area contributed by atoms with Crippen LogP contribution < -0.4 is 15.5 Å². The molecule has 0 bridgehead atoms. The summed E-state index contributed by atoms with van der Waals surface area (Å²) < 4.78 is 0. The van der Waals surface area contributed by atoms with E-state index < -0.39 is 11.8 Å². The minimum Gasteiger partial charge on any atom is -0.378 e. The molecule has 25 heavy (non-hydrogen) atoms. The first kappa shape index (κ1) is 18.9. The van der Waals surface area contributed by atoms with Gasteiger partial charge in [0.1, 0.15) is 0 Å². The summed E-state index contributed by atoms with van der Waals surface area (Å²) in [7, 11) is 3.98. The van der Waals surface area contributed by atoms with Gasteiger partial charge in [-0.15, -0.1) is 11.8 Å².